The summed E-state index contributed by atoms with van der Waals surface area (Å²) in [5, 5.41) is 3.19. The molecule has 1 fully saturated rings. The molecule has 1 atom stereocenters. The maximum atomic E-state index is 12.7. The number of rotatable bonds is 5. The van der Waals surface area contributed by atoms with Gasteiger partial charge in [0.1, 0.15) is 12.4 Å². The molecule has 3 aromatic rings. The molecule has 0 saturated carbocycles. The first-order valence-electron chi connectivity index (χ1n) is 10.7. The molecule has 4 heterocycles. The van der Waals surface area contributed by atoms with Crippen molar-refractivity contribution in [1.29, 1.82) is 0 Å². The second-order valence-electron chi connectivity index (χ2n) is 7.99. The van der Waals surface area contributed by atoms with Gasteiger partial charge in [-0.15, -0.1) is 0 Å². The largest absolute Gasteiger partial charge is 0.492 e. The van der Waals surface area contributed by atoms with E-state index < -0.39 is 0 Å². The SMILES string of the molecule is O=C(CN1CCOc2ccccc2C1)NC1CCN(c2nccc(-c3ccc[nH]3)n2)C1. The van der Waals surface area contributed by atoms with Crippen molar-refractivity contribution in [3.05, 3.63) is 60.4 Å². The van der Waals surface area contributed by atoms with Crippen molar-refractivity contribution >= 4 is 11.9 Å². The number of ether oxygens (including phenoxy) is 1. The molecule has 5 rings (SSSR count). The second kappa shape index (κ2) is 8.77. The smallest absolute Gasteiger partial charge is 0.234 e. The Balaban J connectivity index is 1.16. The van der Waals surface area contributed by atoms with Crippen LogP contribution in [0.4, 0.5) is 5.95 Å². The van der Waals surface area contributed by atoms with Crippen molar-refractivity contribution in [1.82, 2.24) is 25.2 Å². The maximum absolute atomic E-state index is 12.7. The van der Waals surface area contributed by atoms with Crippen LogP contribution in [0.25, 0.3) is 11.4 Å². The van der Waals surface area contributed by atoms with Crippen LogP contribution in [-0.2, 0) is 11.3 Å². The van der Waals surface area contributed by atoms with Crippen molar-refractivity contribution in [2.24, 2.45) is 0 Å². The predicted molar refractivity (Wildman–Crippen MR) is 118 cm³/mol. The van der Waals surface area contributed by atoms with Crippen LogP contribution < -0.4 is 15.0 Å². The average Bonchev–Trinajstić information content (AvgIpc) is 3.44. The Bertz CT molecular complexity index is 1040. The number of amides is 1. The molecule has 2 N–H and O–H groups in total. The number of hydrogen-bond acceptors (Lipinski definition) is 6. The summed E-state index contributed by atoms with van der Waals surface area (Å²) in [6.45, 7) is 3.96. The zero-order valence-electron chi connectivity index (χ0n) is 17.3. The third kappa shape index (κ3) is 4.54. The van der Waals surface area contributed by atoms with Crippen LogP contribution in [0.5, 0.6) is 5.75 Å². The summed E-state index contributed by atoms with van der Waals surface area (Å²) < 4.78 is 5.80. The van der Waals surface area contributed by atoms with E-state index in [9.17, 15) is 4.79 Å². The monoisotopic (exact) mass is 418 g/mol. The van der Waals surface area contributed by atoms with E-state index in [0.717, 1.165) is 48.8 Å². The summed E-state index contributed by atoms with van der Waals surface area (Å²) in [4.78, 5) is 29.3. The molecule has 0 aliphatic carbocycles. The van der Waals surface area contributed by atoms with Gasteiger partial charge < -0.3 is 19.9 Å². The molecule has 8 heteroatoms. The Hall–Kier alpha value is -3.39. The topological polar surface area (TPSA) is 86.4 Å². The molecule has 1 unspecified atom stereocenters. The van der Waals surface area contributed by atoms with Crippen molar-refractivity contribution in [2.75, 3.05) is 37.7 Å². The standard InChI is InChI=1S/C23H26N6O2/c30-22(16-28-12-13-31-21-6-2-1-4-17(21)14-28)26-18-8-11-29(15-18)23-25-10-7-20(27-23)19-5-3-9-24-19/h1-7,9-10,18,24H,8,11-16H2,(H,26,30). The molecule has 1 saturated heterocycles. The van der Waals surface area contributed by atoms with E-state index in [0.29, 0.717) is 25.6 Å². The first kappa shape index (κ1) is 19.6. The minimum Gasteiger partial charge on any atom is -0.492 e. The number of nitrogens with zero attached hydrogens (tertiary/aromatic N) is 4. The number of carbonyl (C=O) groups is 1. The quantitative estimate of drug-likeness (QED) is 0.660. The Morgan fingerprint density at radius 1 is 1.19 bits per heavy atom. The number of carbonyl (C=O) groups excluding carboxylic acids is 1. The Morgan fingerprint density at radius 3 is 3.03 bits per heavy atom. The summed E-state index contributed by atoms with van der Waals surface area (Å²) in [6, 6.07) is 14.0. The van der Waals surface area contributed by atoms with Gasteiger partial charge in [0.25, 0.3) is 0 Å². The molecule has 2 aliphatic heterocycles. The van der Waals surface area contributed by atoms with Gasteiger partial charge in [-0.1, -0.05) is 18.2 Å². The first-order chi connectivity index (χ1) is 15.2. The molecular formula is C23H26N6O2. The molecule has 0 spiro atoms. The van der Waals surface area contributed by atoms with E-state index in [2.05, 4.69) is 36.1 Å². The highest BCUT2D eigenvalue weighted by Crippen LogP contribution is 2.23. The van der Waals surface area contributed by atoms with Gasteiger partial charge in [-0.25, -0.2) is 9.97 Å². The van der Waals surface area contributed by atoms with Gasteiger partial charge in [-0.2, -0.15) is 0 Å². The van der Waals surface area contributed by atoms with Gasteiger partial charge in [0.2, 0.25) is 11.9 Å². The molecule has 1 aromatic carbocycles. The van der Waals surface area contributed by atoms with Crippen molar-refractivity contribution < 1.29 is 9.53 Å². The van der Waals surface area contributed by atoms with Gasteiger partial charge in [0.05, 0.1) is 17.9 Å². The van der Waals surface area contributed by atoms with Crippen molar-refractivity contribution in [3.8, 4) is 17.1 Å². The average molecular weight is 419 g/mol. The fourth-order valence-electron chi connectivity index (χ4n) is 4.19. The van der Waals surface area contributed by atoms with Gasteiger partial charge in [0.15, 0.2) is 0 Å². The number of aromatic amines is 1. The lowest BCUT2D eigenvalue weighted by atomic mass is 10.2. The lowest BCUT2D eigenvalue weighted by Crippen LogP contribution is -2.43. The van der Waals surface area contributed by atoms with Crippen LogP contribution in [0, 0.1) is 0 Å². The zero-order chi connectivity index (χ0) is 21.0. The van der Waals surface area contributed by atoms with Crippen LogP contribution >= 0.6 is 0 Å². The Labute approximate surface area is 181 Å². The number of fused-ring (bicyclic) bond motifs is 1. The van der Waals surface area contributed by atoms with Gasteiger partial charge >= 0.3 is 0 Å². The first-order valence-corrected chi connectivity index (χ1v) is 10.7. The molecule has 1 amide bonds. The number of H-pyrrole nitrogens is 1. The molecule has 0 bridgehead atoms. The van der Waals surface area contributed by atoms with E-state index >= 15 is 0 Å². The number of para-hydroxylation sites is 1. The fourth-order valence-corrected chi connectivity index (χ4v) is 4.19. The van der Waals surface area contributed by atoms with E-state index in [4.69, 9.17) is 4.74 Å². The normalized spacial score (nSPS) is 18.8. The predicted octanol–water partition coefficient (Wildman–Crippen LogP) is 2.06. The number of benzene rings is 1. The number of nitrogens with one attached hydrogen (secondary N) is 2. The van der Waals surface area contributed by atoms with E-state index in [1.807, 2.05) is 42.6 Å². The highest BCUT2D eigenvalue weighted by molar-refractivity contribution is 5.78. The van der Waals surface area contributed by atoms with Crippen LogP contribution in [0.15, 0.2) is 54.9 Å². The molecule has 31 heavy (non-hydrogen) atoms. The Morgan fingerprint density at radius 2 is 2.13 bits per heavy atom. The van der Waals surface area contributed by atoms with E-state index in [-0.39, 0.29) is 11.9 Å². The summed E-state index contributed by atoms with van der Waals surface area (Å²) in [6.07, 6.45) is 4.55. The van der Waals surface area contributed by atoms with Crippen LogP contribution in [0.1, 0.15) is 12.0 Å². The van der Waals surface area contributed by atoms with Crippen molar-refractivity contribution in [3.63, 3.8) is 0 Å². The Kier molecular flexibility index (Phi) is 5.54. The third-order valence-electron chi connectivity index (χ3n) is 5.75. The summed E-state index contributed by atoms with van der Waals surface area (Å²) in [5.41, 5.74) is 2.96. The maximum Gasteiger partial charge on any atom is 0.234 e. The van der Waals surface area contributed by atoms with Crippen molar-refractivity contribution in [2.45, 2.75) is 19.0 Å². The highest BCUT2D eigenvalue weighted by Gasteiger charge is 2.27. The van der Waals surface area contributed by atoms with Gasteiger partial charge in [-0.05, 0) is 30.7 Å². The molecular weight excluding hydrogens is 392 g/mol. The molecule has 2 aliphatic rings. The van der Waals surface area contributed by atoms with Crippen LogP contribution in [0.3, 0.4) is 0 Å². The lowest BCUT2D eigenvalue weighted by molar-refractivity contribution is -0.123. The lowest BCUT2D eigenvalue weighted by Gasteiger charge is -2.21. The fraction of sp³-hybridized carbons (Fsp3) is 0.348. The number of hydrogen-bond donors (Lipinski definition) is 2. The highest BCUT2D eigenvalue weighted by atomic mass is 16.5. The third-order valence-corrected chi connectivity index (χ3v) is 5.75. The van der Waals surface area contributed by atoms with Crippen LogP contribution in [-0.4, -0.2) is 64.6 Å². The summed E-state index contributed by atoms with van der Waals surface area (Å²) in [7, 11) is 0. The van der Waals surface area contributed by atoms with Crippen LogP contribution in [0.2, 0.25) is 0 Å². The van der Waals surface area contributed by atoms with E-state index in [1.165, 1.54) is 0 Å². The zero-order valence-corrected chi connectivity index (χ0v) is 17.3. The minimum atomic E-state index is 0.0484. The van der Waals surface area contributed by atoms with Gasteiger partial charge in [0, 0.05) is 50.2 Å². The molecule has 0 radical (unpaired) electrons. The number of anilines is 1. The summed E-state index contributed by atoms with van der Waals surface area (Å²) >= 11 is 0. The van der Waals surface area contributed by atoms with E-state index in [1.54, 1.807) is 6.20 Å². The molecule has 2 aromatic heterocycles. The second-order valence-corrected chi connectivity index (χ2v) is 7.99. The van der Waals surface area contributed by atoms with Gasteiger partial charge in [-0.3, -0.25) is 9.69 Å². The number of aromatic nitrogens is 3. The molecule has 160 valence electrons. The minimum absolute atomic E-state index is 0.0484. The molecule has 8 nitrogen and oxygen atoms in total. The summed E-state index contributed by atoms with van der Waals surface area (Å²) in [5.74, 6) is 1.66.